The summed E-state index contributed by atoms with van der Waals surface area (Å²) in [4.78, 5) is 30.2. The third-order valence-corrected chi connectivity index (χ3v) is 7.76. The van der Waals surface area contributed by atoms with Crippen molar-refractivity contribution in [2.75, 3.05) is 13.1 Å². The molecule has 1 N–H and O–H groups in total. The predicted octanol–water partition coefficient (Wildman–Crippen LogP) is 6.78. The van der Waals surface area contributed by atoms with Crippen LogP contribution in [-0.4, -0.2) is 45.6 Å². The molecule has 1 fully saturated rings. The number of likely N-dealkylation sites (tertiary alicyclic amines) is 1. The molecule has 1 atom stereocenters. The van der Waals surface area contributed by atoms with Gasteiger partial charge in [-0.1, -0.05) is 43.7 Å². The SMILES string of the molecule is Cc1ccc(-c2c(C)c3c(c(C)c2C(OC(C)(C)C)C(=O)O)CN(C(=O)N2CCCC(C)(C)C2)C3)cc1. The Bertz CT molecular complexity index is 1210. The number of ether oxygens (including phenoxy) is 1. The lowest BCUT2D eigenvalue weighted by molar-refractivity contribution is -0.160. The van der Waals surface area contributed by atoms with Crippen LogP contribution in [0.4, 0.5) is 4.79 Å². The van der Waals surface area contributed by atoms with E-state index in [1.54, 1.807) is 0 Å². The molecular formula is C31H42N2O4. The van der Waals surface area contributed by atoms with Crippen molar-refractivity contribution in [1.82, 2.24) is 9.80 Å². The maximum Gasteiger partial charge on any atom is 0.337 e. The van der Waals surface area contributed by atoms with Gasteiger partial charge in [-0.05, 0) is 93.2 Å². The molecule has 0 saturated carbocycles. The average molecular weight is 507 g/mol. The zero-order chi connectivity index (χ0) is 27.3. The van der Waals surface area contributed by atoms with Crippen molar-refractivity contribution < 1.29 is 19.4 Å². The fraction of sp³-hybridized carbons (Fsp3) is 0.548. The van der Waals surface area contributed by atoms with Gasteiger partial charge in [0.2, 0.25) is 0 Å². The smallest absolute Gasteiger partial charge is 0.337 e. The number of nitrogens with zero attached hydrogens (tertiary/aromatic N) is 2. The van der Waals surface area contributed by atoms with Crippen LogP contribution < -0.4 is 0 Å². The largest absolute Gasteiger partial charge is 0.479 e. The Balaban J connectivity index is 1.83. The minimum absolute atomic E-state index is 0.0712. The first-order valence-corrected chi connectivity index (χ1v) is 13.3. The first-order chi connectivity index (χ1) is 17.2. The van der Waals surface area contributed by atoms with Crippen LogP contribution in [0, 0.1) is 26.2 Å². The molecule has 0 aliphatic carbocycles. The molecule has 0 radical (unpaired) electrons. The summed E-state index contributed by atoms with van der Waals surface area (Å²) in [6.07, 6.45) is 1.03. The second kappa shape index (κ2) is 9.79. The molecule has 37 heavy (non-hydrogen) atoms. The Morgan fingerprint density at radius 1 is 0.973 bits per heavy atom. The third-order valence-electron chi connectivity index (χ3n) is 7.76. The number of carboxylic acids is 1. The molecule has 1 saturated heterocycles. The normalized spacial score (nSPS) is 18.1. The number of carbonyl (C=O) groups is 2. The van der Waals surface area contributed by atoms with Crippen LogP contribution in [0.15, 0.2) is 24.3 Å². The molecule has 1 unspecified atom stereocenters. The molecule has 0 aromatic heterocycles. The van der Waals surface area contributed by atoms with Gasteiger partial charge < -0.3 is 19.6 Å². The minimum atomic E-state index is -1.12. The maximum absolute atomic E-state index is 13.6. The maximum atomic E-state index is 13.6. The zero-order valence-electron chi connectivity index (χ0n) is 23.7. The van der Waals surface area contributed by atoms with Gasteiger partial charge in [0.15, 0.2) is 6.10 Å². The summed E-state index contributed by atoms with van der Waals surface area (Å²) in [5, 5.41) is 10.3. The van der Waals surface area contributed by atoms with Crippen molar-refractivity contribution in [2.45, 2.75) is 93.0 Å². The van der Waals surface area contributed by atoms with E-state index in [0.29, 0.717) is 18.7 Å². The van der Waals surface area contributed by atoms with E-state index in [4.69, 9.17) is 4.74 Å². The number of carbonyl (C=O) groups excluding carboxylic acids is 1. The van der Waals surface area contributed by atoms with Crippen LogP contribution >= 0.6 is 0 Å². The van der Waals surface area contributed by atoms with E-state index >= 15 is 0 Å². The topological polar surface area (TPSA) is 70.1 Å². The van der Waals surface area contributed by atoms with Crippen molar-refractivity contribution in [2.24, 2.45) is 5.41 Å². The monoisotopic (exact) mass is 506 g/mol. The lowest BCUT2D eigenvalue weighted by atomic mass is 9.83. The van der Waals surface area contributed by atoms with Crippen LogP contribution in [0.25, 0.3) is 11.1 Å². The third kappa shape index (κ3) is 5.54. The predicted molar refractivity (Wildman–Crippen MR) is 147 cm³/mol. The number of benzene rings is 2. The fourth-order valence-corrected chi connectivity index (χ4v) is 5.95. The number of rotatable bonds is 4. The molecule has 0 spiro atoms. The number of aliphatic carboxylic acids is 1. The Morgan fingerprint density at radius 3 is 2.11 bits per heavy atom. The van der Waals surface area contributed by atoms with E-state index in [1.807, 2.05) is 44.4 Å². The molecule has 2 amide bonds. The van der Waals surface area contributed by atoms with Crippen molar-refractivity contribution in [3.8, 4) is 11.1 Å². The van der Waals surface area contributed by atoms with Gasteiger partial charge in [0.1, 0.15) is 0 Å². The molecule has 0 bridgehead atoms. The van der Waals surface area contributed by atoms with Crippen LogP contribution in [-0.2, 0) is 22.6 Å². The molecular weight excluding hydrogens is 464 g/mol. The molecule has 2 heterocycles. The molecule has 2 aromatic carbocycles. The number of hydrogen-bond donors (Lipinski definition) is 1. The van der Waals surface area contributed by atoms with Gasteiger partial charge in [-0.15, -0.1) is 0 Å². The summed E-state index contributed by atoms with van der Waals surface area (Å²) in [7, 11) is 0. The van der Waals surface area contributed by atoms with Gasteiger partial charge in [0.25, 0.3) is 0 Å². The fourth-order valence-electron chi connectivity index (χ4n) is 5.95. The Hall–Kier alpha value is -2.86. The highest BCUT2D eigenvalue weighted by Crippen LogP contribution is 2.44. The lowest BCUT2D eigenvalue weighted by Gasteiger charge is -2.39. The second-order valence-corrected chi connectivity index (χ2v) is 12.6. The number of aryl methyl sites for hydroxylation is 1. The summed E-state index contributed by atoms with van der Waals surface area (Å²) in [5.74, 6) is -1.01. The molecule has 2 aromatic rings. The highest BCUT2D eigenvalue weighted by atomic mass is 16.5. The lowest BCUT2D eigenvalue weighted by Crippen LogP contribution is -2.48. The molecule has 6 nitrogen and oxygen atoms in total. The molecule has 4 rings (SSSR count). The van der Waals surface area contributed by atoms with Crippen molar-refractivity contribution >= 4 is 12.0 Å². The van der Waals surface area contributed by atoms with Crippen molar-refractivity contribution in [3.05, 3.63) is 57.6 Å². The summed E-state index contributed by atoms with van der Waals surface area (Å²) < 4.78 is 6.17. The number of carboxylic acid groups (broad SMARTS) is 1. The summed E-state index contributed by atoms with van der Waals surface area (Å²) in [6, 6.07) is 8.28. The van der Waals surface area contributed by atoms with E-state index in [0.717, 1.165) is 64.9 Å². The average Bonchev–Trinajstić information content (AvgIpc) is 3.25. The Labute approximate surface area is 221 Å². The van der Waals surface area contributed by atoms with Gasteiger partial charge in [-0.3, -0.25) is 0 Å². The summed E-state index contributed by atoms with van der Waals surface area (Å²) in [5.41, 5.74) is 7.29. The summed E-state index contributed by atoms with van der Waals surface area (Å²) >= 11 is 0. The first-order valence-electron chi connectivity index (χ1n) is 13.3. The molecule has 200 valence electrons. The van der Waals surface area contributed by atoms with Gasteiger partial charge in [-0.2, -0.15) is 0 Å². The number of urea groups is 1. The number of piperidine rings is 1. The molecule has 2 aliphatic rings. The van der Waals surface area contributed by atoms with Crippen molar-refractivity contribution in [1.29, 1.82) is 0 Å². The highest BCUT2D eigenvalue weighted by molar-refractivity contribution is 5.85. The number of amides is 2. The van der Waals surface area contributed by atoms with Crippen LogP contribution in [0.5, 0.6) is 0 Å². The molecule has 6 heteroatoms. The van der Waals surface area contributed by atoms with Crippen LogP contribution in [0.3, 0.4) is 0 Å². The van der Waals surface area contributed by atoms with Crippen LogP contribution in [0.2, 0.25) is 0 Å². The quantitative estimate of drug-likeness (QED) is 0.496. The Kier molecular flexibility index (Phi) is 7.19. The highest BCUT2D eigenvalue weighted by Gasteiger charge is 2.38. The Morgan fingerprint density at radius 2 is 1.57 bits per heavy atom. The van der Waals surface area contributed by atoms with E-state index in [2.05, 4.69) is 45.0 Å². The first kappa shape index (κ1) is 27.2. The van der Waals surface area contributed by atoms with Gasteiger partial charge in [-0.25, -0.2) is 9.59 Å². The van der Waals surface area contributed by atoms with Gasteiger partial charge >= 0.3 is 12.0 Å². The number of fused-ring (bicyclic) bond motifs is 1. The van der Waals surface area contributed by atoms with Crippen LogP contribution in [0.1, 0.15) is 86.9 Å². The minimum Gasteiger partial charge on any atom is -0.479 e. The number of hydrogen-bond acceptors (Lipinski definition) is 3. The van der Waals surface area contributed by atoms with E-state index in [9.17, 15) is 14.7 Å². The van der Waals surface area contributed by atoms with E-state index in [-0.39, 0.29) is 11.4 Å². The van der Waals surface area contributed by atoms with Crippen molar-refractivity contribution in [3.63, 3.8) is 0 Å². The van der Waals surface area contributed by atoms with E-state index < -0.39 is 17.7 Å². The van der Waals surface area contributed by atoms with Gasteiger partial charge in [0.05, 0.1) is 5.60 Å². The summed E-state index contributed by atoms with van der Waals surface area (Å²) in [6.45, 7) is 18.7. The second-order valence-electron chi connectivity index (χ2n) is 12.6. The standard InChI is InChI=1S/C31H42N2O4/c1-19-10-12-22(13-11-19)25-20(2)23-16-33(29(36)32-15-9-14-31(7,8)18-32)17-24(23)21(3)26(25)27(28(34)35)37-30(4,5)6/h10-13,27H,9,14-18H2,1-8H3,(H,34,35). The molecule has 2 aliphatic heterocycles. The zero-order valence-corrected chi connectivity index (χ0v) is 23.7. The van der Waals surface area contributed by atoms with E-state index in [1.165, 1.54) is 0 Å². The van der Waals surface area contributed by atoms with Gasteiger partial charge in [0, 0.05) is 31.7 Å².